The zero-order valence-corrected chi connectivity index (χ0v) is 15.1. The molecule has 1 aromatic heterocycles. The zero-order valence-electron chi connectivity index (χ0n) is 13.6. The number of benzene rings is 1. The maximum atomic E-state index is 12.8. The van der Waals surface area contributed by atoms with Crippen LogP contribution in [-0.2, 0) is 9.59 Å². The zero-order chi connectivity index (χ0) is 18.0. The smallest absolute Gasteiger partial charge is 0.307 e. The van der Waals surface area contributed by atoms with Crippen LogP contribution in [0.25, 0.3) is 11.3 Å². The molecule has 1 heterocycles. The Labute approximate surface area is 154 Å². The molecule has 1 amide bonds. The Balaban J connectivity index is 1.83. The molecule has 7 heteroatoms. The maximum Gasteiger partial charge on any atom is 0.307 e. The first kappa shape index (κ1) is 17.6. The lowest BCUT2D eigenvalue weighted by Gasteiger charge is -2.27. The second-order valence-electron chi connectivity index (χ2n) is 5.89. The van der Waals surface area contributed by atoms with Crippen molar-refractivity contribution in [3.63, 3.8) is 0 Å². The average molecular weight is 377 g/mol. The van der Waals surface area contributed by atoms with E-state index in [0.717, 1.165) is 5.56 Å². The van der Waals surface area contributed by atoms with Gasteiger partial charge in [-0.2, -0.15) is 0 Å². The number of anilines is 1. The van der Waals surface area contributed by atoms with Gasteiger partial charge in [0.15, 0.2) is 5.13 Å². The van der Waals surface area contributed by atoms with Crippen LogP contribution in [0.5, 0.6) is 0 Å². The molecule has 0 fully saturated rings. The topological polar surface area (TPSA) is 70.5 Å². The molecule has 2 aromatic rings. The minimum atomic E-state index is -0.938. The van der Waals surface area contributed by atoms with E-state index in [-0.39, 0.29) is 5.91 Å². The molecule has 0 spiro atoms. The van der Waals surface area contributed by atoms with Gasteiger partial charge in [0.2, 0.25) is 5.91 Å². The average Bonchev–Trinajstić information content (AvgIpc) is 3.10. The summed E-state index contributed by atoms with van der Waals surface area (Å²) in [4.78, 5) is 30.2. The number of aliphatic carboxylic acids is 1. The second kappa shape index (κ2) is 7.37. The number of thiazole rings is 1. The van der Waals surface area contributed by atoms with E-state index in [1.807, 2.05) is 35.7 Å². The highest BCUT2D eigenvalue weighted by molar-refractivity contribution is 7.14. The number of carbonyl (C=O) groups excluding carboxylic acids is 1. The SMILES string of the molecule is CN(C(=O)C1CC=CCC1C(=O)O)c1nc(-c2ccccc2Cl)cs1. The minimum Gasteiger partial charge on any atom is -0.481 e. The number of rotatable bonds is 4. The highest BCUT2D eigenvalue weighted by Gasteiger charge is 2.36. The molecule has 0 bridgehead atoms. The maximum absolute atomic E-state index is 12.8. The van der Waals surface area contributed by atoms with Crippen LogP contribution >= 0.6 is 22.9 Å². The highest BCUT2D eigenvalue weighted by atomic mass is 35.5. The van der Waals surface area contributed by atoms with E-state index >= 15 is 0 Å². The van der Waals surface area contributed by atoms with Crippen LogP contribution in [0, 0.1) is 11.8 Å². The fraction of sp³-hybridized carbons (Fsp3) is 0.278. The molecule has 1 N–H and O–H groups in total. The number of allylic oxidation sites excluding steroid dienone is 2. The van der Waals surface area contributed by atoms with Gasteiger partial charge < -0.3 is 5.11 Å². The van der Waals surface area contributed by atoms with Crippen molar-refractivity contribution in [3.05, 3.63) is 46.8 Å². The van der Waals surface area contributed by atoms with E-state index in [2.05, 4.69) is 4.98 Å². The van der Waals surface area contributed by atoms with Crippen LogP contribution in [0.15, 0.2) is 41.8 Å². The lowest BCUT2D eigenvalue weighted by molar-refractivity contribution is -0.146. The van der Waals surface area contributed by atoms with E-state index in [0.29, 0.717) is 28.7 Å². The summed E-state index contributed by atoms with van der Waals surface area (Å²) in [6.07, 6.45) is 4.50. The van der Waals surface area contributed by atoms with Crippen LogP contribution in [0.4, 0.5) is 5.13 Å². The van der Waals surface area contributed by atoms with Crippen molar-refractivity contribution < 1.29 is 14.7 Å². The van der Waals surface area contributed by atoms with Crippen LogP contribution in [0.2, 0.25) is 5.02 Å². The number of halogens is 1. The Morgan fingerprint density at radius 1 is 1.24 bits per heavy atom. The van der Waals surface area contributed by atoms with Crippen molar-refractivity contribution in [1.82, 2.24) is 4.98 Å². The van der Waals surface area contributed by atoms with Gasteiger partial charge in [-0.25, -0.2) is 4.98 Å². The van der Waals surface area contributed by atoms with Crippen LogP contribution in [0.1, 0.15) is 12.8 Å². The summed E-state index contributed by atoms with van der Waals surface area (Å²) in [5.41, 5.74) is 1.50. The van der Waals surface area contributed by atoms with Crippen molar-refractivity contribution in [2.75, 3.05) is 11.9 Å². The number of carboxylic acids is 1. The van der Waals surface area contributed by atoms with Crippen LogP contribution in [0.3, 0.4) is 0 Å². The third kappa shape index (κ3) is 3.60. The summed E-state index contributed by atoms with van der Waals surface area (Å²) in [6, 6.07) is 7.38. The molecule has 1 aliphatic carbocycles. The first-order valence-electron chi connectivity index (χ1n) is 7.85. The molecule has 0 radical (unpaired) electrons. The van der Waals surface area contributed by atoms with Crippen LogP contribution in [-0.4, -0.2) is 29.0 Å². The minimum absolute atomic E-state index is 0.225. The Morgan fingerprint density at radius 2 is 1.92 bits per heavy atom. The van der Waals surface area contributed by atoms with Gasteiger partial charge in [0.1, 0.15) is 0 Å². The van der Waals surface area contributed by atoms with Crippen molar-refractivity contribution >= 4 is 39.9 Å². The van der Waals surface area contributed by atoms with Gasteiger partial charge in [-0.15, -0.1) is 11.3 Å². The van der Waals surface area contributed by atoms with Crippen LogP contribution < -0.4 is 4.90 Å². The fourth-order valence-corrected chi connectivity index (χ4v) is 3.94. The number of nitrogens with zero attached hydrogens (tertiary/aromatic N) is 2. The molecule has 0 aliphatic heterocycles. The third-order valence-electron chi connectivity index (χ3n) is 4.33. The van der Waals surface area contributed by atoms with Crippen molar-refractivity contribution in [1.29, 1.82) is 0 Å². The predicted octanol–water partition coefficient (Wildman–Crippen LogP) is 4.09. The van der Waals surface area contributed by atoms with E-state index in [4.69, 9.17) is 11.6 Å². The largest absolute Gasteiger partial charge is 0.481 e. The monoisotopic (exact) mass is 376 g/mol. The van der Waals surface area contributed by atoms with Crippen molar-refractivity contribution in [2.45, 2.75) is 12.8 Å². The van der Waals surface area contributed by atoms with E-state index in [1.54, 1.807) is 13.1 Å². The van der Waals surface area contributed by atoms with Gasteiger partial charge in [0.05, 0.1) is 17.5 Å². The summed E-state index contributed by atoms with van der Waals surface area (Å²) in [7, 11) is 1.63. The molecule has 2 atom stereocenters. The standard InChI is InChI=1S/C18H17ClN2O3S/c1-21(16(22)11-6-2-3-7-12(11)17(23)24)18-20-15(10-25-18)13-8-4-5-9-14(13)19/h2-5,8-12H,6-7H2,1H3,(H,23,24). The van der Waals surface area contributed by atoms with Crippen molar-refractivity contribution in [3.8, 4) is 11.3 Å². The Morgan fingerprint density at radius 3 is 2.60 bits per heavy atom. The number of hydrogen-bond donors (Lipinski definition) is 1. The van der Waals surface area contributed by atoms with Gasteiger partial charge in [-0.05, 0) is 18.9 Å². The molecular weight excluding hydrogens is 360 g/mol. The van der Waals surface area contributed by atoms with E-state index in [1.165, 1.54) is 16.2 Å². The Bertz CT molecular complexity index is 833. The van der Waals surface area contributed by atoms with E-state index in [9.17, 15) is 14.7 Å². The molecule has 130 valence electrons. The summed E-state index contributed by atoms with van der Waals surface area (Å²) < 4.78 is 0. The normalized spacial score (nSPS) is 19.6. The summed E-state index contributed by atoms with van der Waals surface area (Å²) >= 11 is 7.53. The molecule has 1 aliphatic rings. The molecule has 2 unspecified atom stereocenters. The van der Waals surface area contributed by atoms with Gasteiger partial charge in [0.25, 0.3) is 0 Å². The summed E-state index contributed by atoms with van der Waals surface area (Å²) in [6.45, 7) is 0. The number of amides is 1. The molecule has 1 aromatic carbocycles. The summed E-state index contributed by atoms with van der Waals surface area (Å²) in [5, 5.41) is 12.3. The molecular formula is C18H17ClN2O3S. The Hall–Kier alpha value is -2.18. The summed E-state index contributed by atoms with van der Waals surface area (Å²) in [5.74, 6) is -2.42. The Kier molecular flexibility index (Phi) is 5.20. The molecule has 25 heavy (non-hydrogen) atoms. The van der Waals surface area contributed by atoms with Gasteiger partial charge in [-0.1, -0.05) is 42.0 Å². The number of hydrogen-bond acceptors (Lipinski definition) is 4. The van der Waals surface area contributed by atoms with E-state index < -0.39 is 17.8 Å². The number of carboxylic acid groups (broad SMARTS) is 1. The number of carbonyl (C=O) groups is 2. The lowest BCUT2D eigenvalue weighted by Crippen LogP contribution is -2.40. The fourth-order valence-electron chi connectivity index (χ4n) is 2.91. The lowest BCUT2D eigenvalue weighted by atomic mass is 9.82. The van der Waals surface area contributed by atoms with Gasteiger partial charge in [-0.3, -0.25) is 14.5 Å². The molecule has 0 saturated carbocycles. The molecule has 5 nitrogen and oxygen atoms in total. The molecule has 0 saturated heterocycles. The third-order valence-corrected chi connectivity index (χ3v) is 5.57. The highest BCUT2D eigenvalue weighted by Crippen LogP contribution is 2.33. The molecule has 3 rings (SSSR count). The first-order chi connectivity index (χ1) is 12.0. The number of aromatic nitrogens is 1. The van der Waals surface area contributed by atoms with Crippen molar-refractivity contribution in [2.24, 2.45) is 11.8 Å². The first-order valence-corrected chi connectivity index (χ1v) is 9.10. The second-order valence-corrected chi connectivity index (χ2v) is 7.13. The van der Waals surface area contributed by atoms with Gasteiger partial charge in [0, 0.05) is 23.0 Å². The quantitative estimate of drug-likeness (QED) is 0.816. The predicted molar refractivity (Wildman–Crippen MR) is 99.0 cm³/mol. The van der Waals surface area contributed by atoms with Gasteiger partial charge >= 0.3 is 5.97 Å².